The Morgan fingerprint density at radius 3 is 2.56 bits per heavy atom. The lowest BCUT2D eigenvalue weighted by Gasteiger charge is -2.19. The van der Waals surface area contributed by atoms with Crippen molar-refractivity contribution in [3.05, 3.63) is 34.3 Å². The van der Waals surface area contributed by atoms with Crippen molar-refractivity contribution in [2.75, 3.05) is 0 Å². The van der Waals surface area contributed by atoms with Gasteiger partial charge in [0.15, 0.2) is 5.11 Å². The molecule has 1 aromatic carbocycles. The molecule has 1 aliphatic carbocycles. The summed E-state index contributed by atoms with van der Waals surface area (Å²) in [5, 5.41) is 3.56. The van der Waals surface area contributed by atoms with Crippen LogP contribution in [0, 0.1) is 5.92 Å². The zero-order valence-electron chi connectivity index (χ0n) is 8.95. The predicted molar refractivity (Wildman–Crippen MR) is 74.1 cm³/mol. The highest BCUT2D eigenvalue weighted by Crippen LogP contribution is 2.37. The van der Waals surface area contributed by atoms with E-state index in [0.717, 1.165) is 16.8 Å². The summed E-state index contributed by atoms with van der Waals surface area (Å²) in [4.78, 5) is 0. The Morgan fingerprint density at radius 2 is 2.06 bits per heavy atom. The first-order valence-corrected chi connectivity index (χ1v) is 6.66. The van der Waals surface area contributed by atoms with E-state index in [-0.39, 0.29) is 6.04 Å². The van der Waals surface area contributed by atoms with E-state index in [9.17, 15) is 0 Å². The maximum atomic E-state index is 5.57. The Hall–Kier alpha value is -0.610. The molecule has 1 aromatic rings. The van der Waals surface area contributed by atoms with Crippen LogP contribution in [0.4, 0.5) is 0 Å². The molecule has 0 aliphatic heterocycles. The third kappa shape index (κ3) is 3.46. The van der Waals surface area contributed by atoms with Gasteiger partial charge < -0.3 is 11.1 Å². The summed E-state index contributed by atoms with van der Waals surface area (Å²) in [5.41, 5.74) is 6.82. The minimum absolute atomic E-state index is 0.262. The normalized spacial score (nSPS) is 16.8. The van der Waals surface area contributed by atoms with Gasteiger partial charge in [-0.2, -0.15) is 0 Å². The van der Waals surface area contributed by atoms with Crippen molar-refractivity contribution in [1.82, 2.24) is 5.32 Å². The van der Waals surface area contributed by atoms with Gasteiger partial charge >= 0.3 is 0 Å². The minimum Gasteiger partial charge on any atom is -0.376 e. The molecule has 0 spiro atoms. The number of rotatable bonds is 4. The van der Waals surface area contributed by atoms with Gasteiger partial charge in [-0.15, -0.1) is 0 Å². The number of nitrogens with one attached hydrogen (secondary N) is 1. The minimum atomic E-state index is 0.262. The van der Waals surface area contributed by atoms with Gasteiger partial charge in [-0.25, -0.2) is 0 Å². The zero-order chi connectivity index (χ0) is 11.5. The van der Waals surface area contributed by atoms with Crippen LogP contribution in [0.1, 0.15) is 30.9 Å². The number of halogens is 1. The number of benzene rings is 1. The van der Waals surface area contributed by atoms with Crippen LogP contribution in [0.15, 0.2) is 28.7 Å². The average Bonchev–Trinajstić information content (AvgIpc) is 3.01. The Morgan fingerprint density at radius 1 is 1.44 bits per heavy atom. The van der Waals surface area contributed by atoms with Gasteiger partial charge in [0, 0.05) is 4.47 Å². The largest absolute Gasteiger partial charge is 0.376 e. The number of nitrogens with two attached hydrogens (primary N) is 1. The van der Waals surface area contributed by atoms with Gasteiger partial charge in [0.05, 0.1) is 6.04 Å². The Kier molecular flexibility index (Phi) is 3.82. The third-order valence-corrected chi connectivity index (χ3v) is 3.50. The second kappa shape index (κ2) is 5.15. The number of thiocarbonyl (C=S) groups is 1. The molecule has 1 aliphatic rings. The summed E-state index contributed by atoms with van der Waals surface area (Å²) in [6.45, 7) is 0. The topological polar surface area (TPSA) is 38.0 Å². The van der Waals surface area contributed by atoms with E-state index in [1.54, 1.807) is 0 Å². The summed E-state index contributed by atoms with van der Waals surface area (Å²) >= 11 is 8.37. The molecule has 4 heteroatoms. The second-order valence-corrected chi connectivity index (χ2v) is 5.65. The van der Waals surface area contributed by atoms with Crippen molar-refractivity contribution in [2.24, 2.45) is 11.7 Å². The molecule has 0 saturated heterocycles. The van der Waals surface area contributed by atoms with E-state index in [2.05, 4.69) is 45.5 Å². The maximum absolute atomic E-state index is 5.57. The van der Waals surface area contributed by atoms with Crippen molar-refractivity contribution in [2.45, 2.75) is 25.3 Å². The van der Waals surface area contributed by atoms with E-state index < -0.39 is 0 Å². The van der Waals surface area contributed by atoms with E-state index in [0.29, 0.717) is 5.11 Å². The van der Waals surface area contributed by atoms with Crippen molar-refractivity contribution in [3.63, 3.8) is 0 Å². The fraction of sp³-hybridized carbons (Fsp3) is 0.417. The Labute approximate surface area is 110 Å². The van der Waals surface area contributed by atoms with Crippen molar-refractivity contribution in [1.29, 1.82) is 0 Å². The Bertz CT molecular complexity index is 373. The fourth-order valence-electron chi connectivity index (χ4n) is 1.83. The molecule has 3 N–H and O–H groups in total. The van der Waals surface area contributed by atoms with Crippen molar-refractivity contribution >= 4 is 33.3 Å². The second-order valence-electron chi connectivity index (χ2n) is 4.29. The lowest BCUT2D eigenvalue weighted by molar-refractivity contribution is 0.549. The molecule has 1 saturated carbocycles. The van der Waals surface area contributed by atoms with Gasteiger partial charge in [-0.05, 0) is 42.3 Å². The molecular formula is C12H15BrN2S. The smallest absolute Gasteiger partial charge is 0.164 e. The SMILES string of the molecule is NC(=S)N[C@@H](CC1CC1)c1ccc(Br)cc1. The lowest BCUT2D eigenvalue weighted by Crippen LogP contribution is -2.33. The molecule has 2 nitrogen and oxygen atoms in total. The van der Waals surface area contributed by atoms with Gasteiger partial charge in [-0.3, -0.25) is 0 Å². The van der Waals surface area contributed by atoms with Crippen LogP contribution in [-0.4, -0.2) is 5.11 Å². The molecule has 1 fully saturated rings. The van der Waals surface area contributed by atoms with Crippen LogP contribution >= 0.6 is 28.1 Å². The molecule has 0 aromatic heterocycles. The fourth-order valence-corrected chi connectivity index (χ4v) is 2.24. The molecule has 0 amide bonds. The van der Waals surface area contributed by atoms with Crippen LogP contribution < -0.4 is 11.1 Å². The third-order valence-electron chi connectivity index (χ3n) is 2.85. The summed E-state index contributed by atoms with van der Waals surface area (Å²) < 4.78 is 1.09. The van der Waals surface area contributed by atoms with Crippen LogP contribution in [0.25, 0.3) is 0 Å². The first kappa shape index (κ1) is 11.9. The van der Waals surface area contributed by atoms with Crippen LogP contribution in [-0.2, 0) is 0 Å². The number of hydrogen-bond acceptors (Lipinski definition) is 1. The molecule has 0 unspecified atom stereocenters. The molecular weight excluding hydrogens is 284 g/mol. The summed E-state index contributed by atoms with van der Waals surface area (Å²) in [5.74, 6) is 0.843. The van der Waals surface area contributed by atoms with E-state index in [1.165, 1.54) is 18.4 Å². The first-order chi connectivity index (χ1) is 7.65. The van der Waals surface area contributed by atoms with Crippen molar-refractivity contribution < 1.29 is 0 Å². The average molecular weight is 299 g/mol. The van der Waals surface area contributed by atoms with Gasteiger partial charge in [0.1, 0.15) is 0 Å². The van der Waals surface area contributed by atoms with E-state index >= 15 is 0 Å². The van der Waals surface area contributed by atoms with Gasteiger partial charge in [-0.1, -0.05) is 40.9 Å². The molecule has 0 heterocycles. The van der Waals surface area contributed by atoms with Crippen LogP contribution in [0.3, 0.4) is 0 Å². The Balaban J connectivity index is 2.09. The maximum Gasteiger partial charge on any atom is 0.164 e. The summed E-state index contributed by atoms with van der Waals surface area (Å²) in [6, 6.07) is 8.59. The predicted octanol–water partition coefficient (Wildman–Crippen LogP) is 3.12. The van der Waals surface area contributed by atoms with E-state index in [1.807, 2.05) is 0 Å². The van der Waals surface area contributed by atoms with Crippen LogP contribution in [0.2, 0.25) is 0 Å². The molecule has 0 radical (unpaired) electrons. The van der Waals surface area contributed by atoms with Crippen molar-refractivity contribution in [3.8, 4) is 0 Å². The standard InChI is InChI=1S/C12H15BrN2S/c13-10-5-3-9(4-6-10)11(15-12(14)16)7-8-1-2-8/h3-6,8,11H,1-2,7H2,(H3,14,15,16)/t11-/m0/s1. The molecule has 0 bridgehead atoms. The van der Waals surface area contributed by atoms with Gasteiger partial charge in [0.2, 0.25) is 0 Å². The first-order valence-electron chi connectivity index (χ1n) is 5.46. The van der Waals surface area contributed by atoms with E-state index in [4.69, 9.17) is 18.0 Å². The summed E-state index contributed by atoms with van der Waals surface area (Å²) in [7, 11) is 0. The summed E-state index contributed by atoms with van der Waals surface area (Å²) in [6.07, 6.45) is 3.80. The number of hydrogen-bond donors (Lipinski definition) is 2. The quantitative estimate of drug-likeness (QED) is 0.839. The molecule has 86 valence electrons. The highest BCUT2D eigenvalue weighted by molar-refractivity contribution is 9.10. The zero-order valence-corrected chi connectivity index (χ0v) is 11.4. The highest BCUT2D eigenvalue weighted by atomic mass is 79.9. The molecule has 2 rings (SSSR count). The molecule has 16 heavy (non-hydrogen) atoms. The van der Waals surface area contributed by atoms with Crippen LogP contribution in [0.5, 0.6) is 0 Å². The monoisotopic (exact) mass is 298 g/mol. The highest BCUT2D eigenvalue weighted by Gasteiger charge is 2.26. The van der Waals surface area contributed by atoms with Gasteiger partial charge in [0.25, 0.3) is 0 Å². The molecule has 1 atom stereocenters. The lowest BCUT2D eigenvalue weighted by atomic mass is 10.0.